The van der Waals surface area contributed by atoms with Crippen LogP contribution >= 0.6 is 0 Å². The molecule has 18 heavy (non-hydrogen) atoms. The highest BCUT2D eigenvalue weighted by molar-refractivity contribution is 7.92. The predicted molar refractivity (Wildman–Crippen MR) is 75.6 cm³/mol. The molecule has 0 aromatic heterocycles. The third-order valence-electron chi connectivity index (χ3n) is 3.31. The second-order valence-corrected chi connectivity index (χ2v) is 6.68. The van der Waals surface area contributed by atoms with Crippen LogP contribution in [0.1, 0.15) is 26.2 Å². The van der Waals surface area contributed by atoms with E-state index < -0.39 is 10.0 Å². The van der Waals surface area contributed by atoms with Gasteiger partial charge in [-0.15, -0.1) is 0 Å². The van der Waals surface area contributed by atoms with E-state index in [-0.39, 0.29) is 0 Å². The Bertz CT molecular complexity index is 513. The lowest BCUT2D eigenvalue weighted by molar-refractivity contribution is 0.485. The van der Waals surface area contributed by atoms with Gasteiger partial charge in [-0.3, -0.25) is 4.72 Å². The molecule has 0 saturated carbocycles. The third kappa shape index (κ3) is 3.16. The van der Waals surface area contributed by atoms with E-state index in [1.54, 1.807) is 0 Å². The van der Waals surface area contributed by atoms with Gasteiger partial charge in [-0.25, -0.2) is 8.42 Å². The molecule has 4 nitrogen and oxygen atoms in total. The maximum Gasteiger partial charge on any atom is 0.229 e. The van der Waals surface area contributed by atoms with Crippen LogP contribution in [0, 0.1) is 0 Å². The SMILES string of the molecule is CC1CCCCN1c1ccccc1NS(C)(=O)=O. The van der Waals surface area contributed by atoms with Crippen molar-refractivity contribution in [2.45, 2.75) is 32.2 Å². The van der Waals surface area contributed by atoms with Gasteiger partial charge in [-0.2, -0.15) is 0 Å². The van der Waals surface area contributed by atoms with E-state index >= 15 is 0 Å². The second kappa shape index (κ2) is 5.18. The van der Waals surface area contributed by atoms with Gasteiger partial charge in [-0.05, 0) is 38.3 Å². The van der Waals surface area contributed by atoms with Crippen molar-refractivity contribution in [2.75, 3.05) is 22.4 Å². The van der Waals surface area contributed by atoms with Gasteiger partial charge in [0.25, 0.3) is 0 Å². The molecule has 0 aliphatic carbocycles. The smallest absolute Gasteiger partial charge is 0.229 e. The number of sulfonamides is 1. The van der Waals surface area contributed by atoms with E-state index in [1.807, 2.05) is 24.3 Å². The Labute approximate surface area is 109 Å². The fourth-order valence-electron chi connectivity index (χ4n) is 2.47. The molecular formula is C13H20N2O2S. The van der Waals surface area contributed by atoms with Crippen molar-refractivity contribution < 1.29 is 8.42 Å². The first-order chi connectivity index (χ1) is 8.47. The topological polar surface area (TPSA) is 49.4 Å². The molecule has 0 radical (unpaired) electrons. The van der Waals surface area contributed by atoms with Crippen LogP contribution in [0.5, 0.6) is 0 Å². The Hall–Kier alpha value is -1.23. The van der Waals surface area contributed by atoms with E-state index in [4.69, 9.17) is 0 Å². The molecule has 0 bridgehead atoms. The van der Waals surface area contributed by atoms with Crippen LogP contribution in [0.3, 0.4) is 0 Å². The standard InChI is InChI=1S/C13H20N2O2S/c1-11-7-5-6-10-15(11)13-9-4-3-8-12(13)14-18(2,16)17/h3-4,8-9,11,14H,5-7,10H2,1-2H3. The van der Waals surface area contributed by atoms with Crippen LogP contribution < -0.4 is 9.62 Å². The van der Waals surface area contributed by atoms with Gasteiger partial charge in [0.15, 0.2) is 0 Å². The minimum Gasteiger partial charge on any atom is -0.367 e. The van der Waals surface area contributed by atoms with Crippen molar-refractivity contribution in [1.29, 1.82) is 0 Å². The molecule has 100 valence electrons. The zero-order chi connectivity index (χ0) is 13.2. The summed E-state index contributed by atoms with van der Waals surface area (Å²) >= 11 is 0. The van der Waals surface area contributed by atoms with Crippen LogP contribution in [0.15, 0.2) is 24.3 Å². The quantitative estimate of drug-likeness (QED) is 0.916. The average Bonchev–Trinajstić information content (AvgIpc) is 2.29. The Balaban J connectivity index is 2.32. The van der Waals surface area contributed by atoms with Gasteiger partial charge in [0.1, 0.15) is 0 Å². The number of benzene rings is 1. The number of piperidine rings is 1. The van der Waals surface area contributed by atoms with E-state index in [1.165, 1.54) is 12.7 Å². The number of para-hydroxylation sites is 2. The summed E-state index contributed by atoms with van der Waals surface area (Å²) in [6, 6.07) is 8.06. The molecule has 1 saturated heterocycles. The van der Waals surface area contributed by atoms with Crippen molar-refractivity contribution in [3.8, 4) is 0 Å². The highest BCUT2D eigenvalue weighted by Gasteiger charge is 2.21. The summed E-state index contributed by atoms with van der Waals surface area (Å²) in [4.78, 5) is 2.29. The summed E-state index contributed by atoms with van der Waals surface area (Å²) in [7, 11) is -3.23. The molecule has 1 heterocycles. The number of anilines is 2. The molecule has 2 rings (SSSR count). The zero-order valence-corrected chi connectivity index (χ0v) is 11.7. The van der Waals surface area contributed by atoms with Crippen LogP contribution in [-0.4, -0.2) is 27.3 Å². The minimum atomic E-state index is -3.23. The van der Waals surface area contributed by atoms with Gasteiger partial charge in [-0.1, -0.05) is 12.1 Å². The predicted octanol–water partition coefficient (Wildman–Crippen LogP) is 2.44. The summed E-state index contributed by atoms with van der Waals surface area (Å²) in [6.45, 7) is 3.18. The van der Waals surface area contributed by atoms with Gasteiger partial charge >= 0.3 is 0 Å². The molecule has 1 atom stereocenters. The van der Waals surface area contributed by atoms with Gasteiger partial charge in [0, 0.05) is 12.6 Å². The summed E-state index contributed by atoms with van der Waals surface area (Å²) in [5.41, 5.74) is 1.66. The fourth-order valence-corrected chi connectivity index (χ4v) is 3.04. The normalized spacial score (nSPS) is 20.8. The Morgan fingerprint density at radius 2 is 2.00 bits per heavy atom. The first-order valence-electron chi connectivity index (χ1n) is 6.31. The summed E-state index contributed by atoms with van der Waals surface area (Å²) in [5.74, 6) is 0. The number of hydrogen-bond donors (Lipinski definition) is 1. The molecule has 1 fully saturated rings. The maximum atomic E-state index is 11.4. The number of nitrogens with one attached hydrogen (secondary N) is 1. The minimum absolute atomic E-state index is 0.460. The molecular weight excluding hydrogens is 248 g/mol. The number of hydrogen-bond acceptors (Lipinski definition) is 3. The Kier molecular flexibility index (Phi) is 3.80. The second-order valence-electron chi connectivity index (χ2n) is 4.93. The van der Waals surface area contributed by atoms with Crippen molar-refractivity contribution in [2.24, 2.45) is 0 Å². The molecule has 0 spiro atoms. The number of nitrogens with zero attached hydrogens (tertiary/aromatic N) is 1. The van der Waals surface area contributed by atoms with Gasteiger partial charge in [0.05, 0.1) is 17.6 Å². The molecule has 1 aromatic carbocycles. The molecule has 1 aromatic rings. The van der Waals surface area contributed by atoms with Gasteiger partial charge < -0.3 is 4.90 Å². The molecule has 1 aliphatic heterocycles. The van der Waals surface area contributed by atoms with Crippen molar-refractivity contribution in [3.63, 3.8) is 0 Å². The third-order valence-corrected chi connectivity index (χ3v) is 3.90. The fraction of sp³-hybridized carbons (Fsp3) is 0.538. The molecule has 1 N–H and O–H groups in total. The zero-order valence-electron chi connectivity index (χ0n) is 10.9. The van der Waals surface area contributed by atoms with E-state index in [2.05, 4.69) is 16.5 Å². The van der Waals surface area contributed by atoms with Crippen LogP contribution in [0.4, 0.5) is 11.4 Å². The van der Waals surface area contributed by atoms with Crippen LogP contribution in [0.2, 0.25) is 0 Å². The van der Waals surface area contributed by atoms with E-state index in [0.29, 0.717) is 11.7 Å². The average molecular weight is 268 g/mol. The highest BCUT2D eigenvalue weighted by Crippen LogP contribution is 2.31. The highest BCUT2D eigenvalue weighted by atomic mass is 32.2. The van der Waals surface area contributed by atoms with Crippen LogP contribution in [-0.2, 0) is 10.0 Å². The Morgan fingerprint density at radius 3 is 2.67 bits per heavy atom. The van der Waals surface area contributed by atoms with E-state index in [9.17, 15) is 8.42 Å². The van der Waals surface area contributed by atoms with Crippen molar-refractivity contribution in [3.05, 3.63) is 24.3 Å². The first kappa shape index (κ1) is 13.2. The maximum absolute atomic E-state index is 11.4. The largest absolute Gasteiger partial charge is 0.367 e. The first-order valence-corrected chi connectivity index (χ1v) is 8.20. The lowest BCUT2D eigenvalue weighted by atomic mass is 10.0. The molecule has 0 amide bonds. The monoisotopic (exact) mass is 268 g/mol. The summed E-state index contributed by atoms with van der Waals surface area (Å²) in [6.07, 6.45) is 4.76. The molecule has 1 unspecified atom stereocenters. The van der Waals surface area contributed by atoms with Crippen LogP contribution in [0.25, 0.3) is 0 Å². The van der Waals surface area contributed by atoms with Gasteiger partial charge in [0.2, 0.25) is 10.0 Å². The molecule has 1 aliphatic rings. The number of rotatable bonds is 3. The summed E-state index contributed by atoms with van der Waals surface area (Å²) in [5, 5.41) is 0. The molecule has 5 heteroatoms. The summed E-state index contributed by atoms with van der Waals surface area (Å²) < 4.78 is 25.4. The van der Waals surface area contributed by atoms with Crippen molar-refractivity contribution >= 4 is 21.4 Å². The van der Waals surface area contributed by atoms with Crippen molar-refractivity contribution in [1.82, 2.24) is 0 Å². The lowest BCUT2D eigenvalue weighted by Crippen LogP contribution is -2.37. The Morgan fingerprint density at radius 1 is 1.28 bits per heavy atom. The lowest BCUT2D eigenvalue weighted by Gasteiger charge is -2.36. The van der Waals surface area contributed by atoms with E-state index in [0.717, 1.165) is 25.1 Å².